The Morgan fingerprint density at radius 2 is 2.42 bits per heavy atom. The summed E-state index contributed by atoms with van der Waals surface area (Å²) in [5, 5.41) is 0. The lowest BCUT2D eigenvalue weighted by Gasteiger charge is -2.16. The fourth-order valence-electron chi connectivity index (χ4n) is 0.820. The number of hydrogen-bond donors (Lipinski definition) is 0. The maximum absolute atomic E-state index is 5.60. The van der Waals surface area contributed by atoms with Crippen molar-refractivity contribution < 1.29 is 0 Å². The van der Waals surface area contributed by atoms with Crippen LogP contribution in [-0.4, -0.2) is 29.4 Å². The lowest BCUT2D eigenvalue weighted by Crippen LogP contribution is -2.21. The normalized spacial score (nSPS) is 9.92. The van der Waals surface area contributed by atoms with Crippen LogP contribution in [0.2, 0.25) is 0 Å². The van der Waals surface area contributed by atoms with E-state index in [2.05, 4.69) is 25.9 Å². The van der Waals surface area contributed by atoms with Gasteiger partial charge in [-0.3, -0.25) is 0 Å². The summed E-state index contributed by atoms with van der Waals surface area (Å²) in [6.07, 6.45) is 3.23. The molecule has 66 valence electrons. The van der Waals surface area contributed by atoms with E-state index >= 15 is 0 Å². The van der Waals surface area contributed by atoms with Crippen LogP contribution in [0.4, 0.5) is 5.82 Å². The number of alkyl halides is 1. The Morgan fingerprint density at radius 1 is 1.67 bits per heavy atom. The average molecular weight is 251 g/mol. The summed E-state index contributed by atoms with van der Waals surface area (Å²) < 4.78 is 0.887. The zero-order valence-corrected chi connectivity index (χ0v) is 9.01. The largest absolute Gasteiger partial charge is 0.357 e. The van der Waals surface area contributed by atoms with Crippen LogP contribution in [0.1, 0.15) is 0 Å². The van der Waals surface area contributed by atoms with Gasteiger partial charge in [0.05, 0.1) is 4.47 Å². The van der Waals surface area contributed by atoms with Crippen LogP contribution in [0, 0.1) is 0 Å². The van der Waals surface area contributed by atoms with E-state index in [-0.39, 0.29) is 0 Å². The molecule has 0 aliphatic heterocycles. The molecule has 0 aliphatic rings. The maximum Gasteiger partial charge on any atom is 0.146 e. The van der Waals surface area contributed by atoms with Crippen LogP contribution in [0.3, 0.4) is 0 Å². The van der Waals surface area contributed by atoms with Gasteiger partial charge in [0.2, 0.25) is 0 Å². The number of hydrogen-bond acceptors (Lipinski definition) is 3. The van der Waals surface area contributed by atoms with Gasteiger partial charge < -0.3 is 4.90 Å². The smallest absolute Gasteiger partial charge is 0.146 e. The highest BCUT2D eigenvalue weighted by Gasteiger charge is 2.05. The molecular formula is C7H9BrClN3. The zero-order valence-electron chi connectivity index (χ0n) is 6.67. The summed E-state index contributed by atoms with van der Waals surface area (Å²) in [7, 11) is 1.94. The minimum atomic E-state index is 0.590. The van der Waals surface area contributed by atoms with Gasteiger partial charge in [0.25, 0.3) is 0 Å². The second-order valence-electron chi connectivity index (χ2n) is 2.30. The Kier molecular flexibility index (Phi) is 3.75. The van der Waals surface area contributed by atoms with Crippen LogP contribution in [0.15, 0.2) is 17.0 Å². The Labute approximate surface area is 84.9 Å². The first-order chi connectivity index (χ1) is 5.75. The van der Waals surface area contributed by atoms with E-state index in [0.717, 1.165) is 16.8 Å². The summed E-state index contributed by atoms with van der Waals surface area (Å²) in [5.41, 5.74) is 0. The second kappa shape index (κ2) is 4.62. The Hall–Kier alpha value is -0.350. The van der Waals surface area contributed by atoms with Gasteiger partial charge in [0, 0.05) is 25.7 Å². The first kappa shape index (κ1) is 9.74. The molecule has 0 atom stereocenters. The van der Waals surface area contributed by atoms with Crippen molar-refractivity contribution in [2.75, 3.05) is 24.4 Å². The van der Waals surface area contributed by atoms with Gasteiger partial charge in [0.15, 0.2) is 0 Å². The number of nitrogens with zero attached hydrogens (tertiary/aromatic N) is 3. The molecule has 0 fully saturated rings. The summed E-state index contributed by atoms with van der Waals surface area (Å²) in [5.74, 6) is 1.46. The van der Waals surface area contributed by atoms with Gasteiger partial charge in [-0.1, -0.05) is 0 Å². The standard InChI is InChI=1S/C7H9BrClN3/c1-12(3-2-9)7-6(8)4-10-5-11-7/h4-5H,2-3H2,1H3. The van der Waals surface area contributed by atoms with Crippen molar-refractivity contribution in [3.8, 4) is 0 Å². The molecule has 5 heteroatoms. The molecule has 0 saturated carbocycles. The molecule has 0 unspecified atom stereocenters. The summed E-state index contributed by atoms with van der Waals surface area (Å²) in [4.78, 5) is 9.95. The van der Waals surface area contributed by atoms with E-state index in [0.29, 0.717) is 5.88 Å². The van der Waals surface area contributed by atoms with Crippen molar-refractivity contribution in [2.45, 2.75) is 0 Å². The quantitative estimate of drug-likeness (QED) is 0.768. The van der Waals surface area contributed by atoms with Crippen molar-refractivity contribution in [2.24, 2.45) is 0 Å². The van der Waals surface area contributed by atoms with Gasteiger partial charge in [-0.15, -0.1) is 11.6 Å². The molecule has 1 rings (SSSR count). The monoisotopic (exact) mass is 249 g/mol. The van der Waals surface area contributed by atoms with E-state index in [1.54, 1.807) is 6.20 Å². The zero-order chi connectivity index (χ0) is 8.97. The first-order valence-electron chi connectivity index (χ1n) is 3.48. The van der Waals surface area contributed by atoms with Gasteiger partial charge in [-0.25, -0.2) is 9.97 Å². The highest BCUT2D eigenvalue weighted by molar-refractivity contribution is 9.10. The van der Waals surface area contributed by atoms with Gasteiger partial charge in [-0.2, -0.15) is 0 Å². The Morgan fingerprint density at radius 3 is 3.00 bits per heavy atom. The van der Waals surface area contributed by atoms with E-state index in [9.17, 15) is 0 Å². The molecule has 1 heterocycles. The summed E-state index contributed by atoms with van der Waals surface area (Å²) >= 11 is 8.96. The van der Waals surface area contributed by atoms with Crippen molar-refractivity contribution in [1.82, 2.24) is 9.97 Å². The van der Waals surface area contributed by atoms with Gasteiger partial charge in [0.1, 0.15) is 12.1 Å². The Balaban J connectivity index is 2.79. The fraction of sp³-hybridized carbons (Fsp3) is 0.429. The lowest BCUT2D eigenvalue weighted by atomic mass is 10.5. The molecule has 0 aliphatic carbocycles. The Bertz CT molecular complexity index is 256. The van der Waals surface area contributed by atoms with Gasteiger partial charge in [-0.05, 0) is 15.9 Å². The van der Waals surface area contributed by atoms with E-state index in [4.69, 9.17) is 11.6 Å². The third kappa shape index (κ3) is 2.32. The highest BCUT2D eigenvalue weighted by Crippen LogP contribution is 2.20. The molecule has 0 aromatic carbocycles. The number of rotatable bonds is 3. The van der Waals surface area contributed by atoms with Crippen LogP contribution in [0.5, 0.6) is 0 Å². The van der Waals surface area contributed by atoms with E-state index in [1.807, 2.05) is 11.9 Å². The summed E-state index contributed by atoms with van der Waals surface area (Å²) in [6.45, 7) is 0.775. The maximum atomic E-state index is 5.60. The molecule has 3 nitrogen and oxygen atoms in total. The third-order valence-electron chi connectivity index (χ3n) is 1.43. The van der Waals surface area contributed by atoms with Crippen LogP contribution in [0.25, 0.3) is 0 Å². The number of anilines is 1. The molecule has 1 aromatic rings. The molecule has 0 amide bonds. The van der Waals surface area contributed by atoms with E-state index in [1.165, 1.54) is 6.33 Å². The molecule has 12 heavy (non-hydrogen) atoms. The number of halogens is 2. The fourth-order valence-corrected chi connectivity index (χ4v) is 1.60. The minimum Gasteiger partial charge on any atom is -0.357 e. The summed E-state index contributed by atoms with van der Waals surface area (Å²) in [6, 6.07) is 0. The minimum absolute atomic E-state index is 0.590. The van der Waals surface area contributed by atoms with E-state index < -0.39 is 0 Å². The van der Waals surface area contributed by atoms with Crippen LogP contribution in [-0.2, 0) is 0 Å². The predicted octanol–water partition coefficient (Wildman–Crippen LogP) is 1.91. The lowest BCUT2D eigenvalue weighted by molar-refractivity contribution is 0.927. The van der Waals surface area contributed by atoms with Crippen molar-refractivity contribution in [3.05, 3.63) is 17.0 Å². The topological polar surface area (TPSA) is 29.0 Å². The molecule has 0 spiro atoms. The third-order valence-corrected chi connectivity index (χ3v) is 2.16. The molecular weight excluding hydrogens is 241 g/mol. The van der Waals surface area contributed by atoms with Crippen molar-refractivity contribution >= 4 is 33.3 Å². The van der Waals surface area contributed by atoms with Crippen LogP contribution >= 0.6 is 27.5 Å². The molecule has 1 aromatic heterocycles. The van der Waals surface area contributed by atoms with Crippen molar-refractivity contribution in [1.29, 1.82) is 0 Å². The molecule has 0 saturated heterocycles. The van der Waals surface area contributed by atoms with Crippen LogP contribution < -0.4 is 4.90 Å². The first-order valence-corrected chi connectivity index (χ1v) is 4.81. The second-order valence-corrected chi connectivity index (χ2v) is 3.54. The average Bonchev–Trinajstić information content (AvgIpc) is 2.05. The highest BCUT2D eigenvalue weighted by atomic mass is 79.9. The SMILES string of the molecule is CN(CCCl)c1ncncc1Br. The molecule has 0 radical (unpaired) electrons. The molecule has 0 N–H and O–H groups in total. The molecule has 0 bridgehead atoms. The van der Waals surface area contributed by atoms with Crippen molar-refractivity contribution in [3.63, 3.8) is 0 Å². The van der Waals surface area contributed by atoms with Gasteiger partial charge >= 0.3 is 0 Å². The predicted molar refractivity (Wildman–Crippen MR) is 53.7 cm³/mol. The number of aromatic nitrogens is 2.